The first kappa shape index (κ1) is 14.1. The Morgan fingerprint density at radius 3 is 2.70 bits per heavy atom. The van der Waals surface area contributed by atoms with Crippen LogP contribution in [0.4, 0.5) is 5.69 Å². The lowest BCUT2D eigenvalue weighted by molar-refractivity contribution is 0.0785. The molecule has 0 atom stereocenters. The van der Waals surface area contributed by atoms with E-state index >= 15 is 0 Å². The van der Waals surface area contributed by atoms with E-state index in [2.05, 4.69) is 4.98 Å². The van der Waals surface area contributed by atoms with E-state index in [0.29, 0.717) is 12.2 Å². The van der Waals surface area contributed by atoms with Crippen molar-refractivity contribution in [1.29, 1.82) is 0 Å². The first-order chi connectivity index (χ1) is 9.47. The summed E-state index contributed by atoms with van der Waals surface area (Å²) in [4.78, 5) is 17.7. The minimum atomic E-state index is -0.261. The number of hydrogen-bond donors (Lipinski definition) is 2. The van der Waals surface area contributed by atoms with E-state index in [1.54, 1.807) is 31.3 Å². The molecule has 1 amide bonds. The molecule has 20 heavy (non-hydrogen) atoms. The molecule has 0 bridgehead atoms. The highest BCUT2D eigenvalue weighted by Gasteiger charge is 2.16. The van der Waals surface area contributed by atoms with Crippen molar-refractivity contribution in [1.82, 2.24) is 9.88 Å². The number of phenolic OH excluding ortho intramolecular Hbond substituents is 1. The van der Waals surface area contributed by atoms with Crippen molar-refractivity contribution in [3.63, 3.8) is 0 Å². The number of halogens is 1. The van der Waals surface area contributed by atoms with Crippen molar-refractivity contribution in [2.24, 2.45) is 0 Å². The molecule has 0 saturated carbocycles. The number of pyridine rings is 1. The van der Waals surface area contributed by atoms with Crippen molar-refractivity contribution in [2.75, 3.05) is 12.8 Å². The van der Waals surface area contributed by atoms with Gasteiger partial charge in [-0.05, 0) is 23.8 Å². The van der Waals surface area contributed by atoms with Crippen LogP contribution < -0.4 is 5.73 Å². The molecule has 1 aromatic heterocycles. The quantitative estimate of drug-likeness (QED) is 0.850. The summed E-state index contributed by atoms with van der Waals surface area (Å²) in [6.45, 7) is 0.393. The Morgan fingerprint density at radius 2 is 2.05 bits per heavy atom. The summed E-state index contributed by atoms with van der Waals surface area (Å²) < 4.78 is 0. The molecular weight excluding hydrogens is 278 g/mol. The number of nitrogen functional groups attached to an aromatic ring is 1. The lowest BCUT2D eigenvalue weighted by atomic mass is 10.2. The molecule has 104 valence electrons. The topological polar surface area (TPSA) is 79.5 Å². The summed E-state index contributed by atoms with van der Waals surface area (Å²) in [5.74, 6) is -0.0753. The van der Waals surface area contributed by atoms with Crippen molar-refractivity contribution < 1.29 is 9.90 Å². The number of nitrogens with zero attached hydrogens (tertiary/aromatic N) is 2. The van der Waals surface area contributed by atoms with Crippen molar-refractivity contribution in [2.45, 2.75) is 6.54 Å². The van der Waals surface area contributed by atoms with Gasteiger partial charge in [-0.1, -0.05) is 23.7 Å². The molecule has 5 nitrogen and oxygen atoms in total. The molecule has 0 aliphatic rings. The molecule has 0 aliphatic carbocycles. The number of anilines is 1. The maximum absolute atomic E-state index is 12.3. The van der Waals surface area contributed by atoms with Crippen molar-refractivity contribution in [3.8, 4) is 5.75 Å². The van der Waals surface area contributed by atoms with Crippen LogP contribution in [0, 0.1) is 0 Å². The Labute approximate surface area is 121 Å². The monoisotopic (exact) mass is 291 g/mol. The van der Waals surface area contributed by atoms with E-state index in [9.17, 15) is 9.90 Å². The van der Waals surface area contributed by atoms with Gasteiger partial charge in [0.25, 0.3) is 5.91 Å². The summed E-state index contributed by atoms with van der Waals surface area (Å²) in [5, 5.41) is 9.35. The fraction of sp³-hybridized carbons (Fsp3) is 0.143. The van der Waals surface area contributed by atoms with Gasteiger partial charge in [0.1, 0.15) is 10.9 Å². The molecule has 0 unspecified atom stereocenters. The number of carbonyl (C=O) groups is 1. The smallest absolute Gasteiger partial charge is 0.257 e. The van der Waals surface area contributed by atoms with Gasteiger partial charge in [0.15, 0.2) is 0 Å². The van der Waals surface area contributed by atoms with Crippen LogP contribution >= 0.6 is 11.6 Å². The van der Waals surface area contributed by atoms with E-state index in [0.717, 1.165) is 5.56 Å². The van der Waals surface area contributed by atoms with Crippen LogP contribution in [-0.2, 0) is 6.54 Å². The largest absolute Gasteiger partial charge is 0.508 e. The molecule has 2 aromatic rings. The lowest BCUT2D eigenvalue weighted by Crippen LogP contribution is -2.26. The third-order valence-electron chi connectivity index (χ3n) is 2.79. The summed E-state index contributed by atoms with van der Waals surface area (Å²) in [6.07, 6.45) is 1.40. The maximum Gasteiger partial charge on any atom is 0.257 e. The Morgan fingerprint density at radius 1 is 1.40 bits per heavy atom. The molecule has 1 aromatic carbocycles. The van der Waals surface area contributed by atoms with Gasteiger partial charge in [-0.15, -0.1) is 0 Å². The van der Waals surface area contributed by atoms with Gasteiger partial charge >= 0.3 is 0 Å². The van der Waals surface area contributed by atoms with Crippen LogP contribution in [0.15, 0.2) is 36.5 Å². The average molecular weight is 292 g/mol. The molecule has 2 rings (SSSR count). The number of rotatable bonds is 3. The SMILES string of the molecule is CN(Cc1ccc(O)cc1)C(=O)c1cc(N)cnc1Cl. The number of phenols is 1. The molecule has 0 saturated heterocycles. The normalized spacial score (nSPS) is 10.3. The predicted molar refractivity (Wildman–Crippen MR) is 77.6 cm³/mol. The maximum atomic E-state index is 12.3. The van der Waals surface area contributed by atoms with E-state index in [4.69, 9.17) is 17.3 Å². The zero-order chi connectivity index (χ0) is 14.7. The number of aromatic nitrogens is 1. The van der Waals surface area contributed by atoms with E-state index < -0.39 is 0 Å². The number of amides is 1. The van der Waals surface area contributed by atoms with Crippen molar-refractivity contribution in [3.05, 3.63) is 52.8 Å². The van der Waals surface area contributed by atoms with E-state index in [-0.39, 0.29) is 22.4 Å². The number of nitrogens with two attached hydrogens (primary N) is 1. The van der Waals surface area contributed by atoms with Gasteiger partial charge in [0.05, 0.1) is 17.4 Å². The number of benzene rings is 1. The predicted octanol–water partition coefficient (Wildman–Crippen LogP) is 2.29. The van der Waals surface area contributed by atoms with Crippen molar-refractivity contribution >= 4 is 23.2 Å². The second-order valence-electron chi connectivity index (χ2n) is 4.43. The van der Waals surface area contributed by atoms with Crippen LogP contribution in [0.3, 0.4) is 0 Å². The number of aromatic hydroxyl groups is 1. The number of hydrogen-bond acceptors (Lipinski definition) is 4. The first-order valence-electron chi connectivity index (χ1n) is 5.92. The van der Waals surface area contributed by atoms with Crippen LogP contribution in [0.1, 0.15) is 15.9 Å². The van der Waals surface area contributed by atoms with Gasteiger partial charge in [-0.2, -0.15) is 0 Å². The summed E-state index contributed by atoms with van der Waals surface area (Å²) in [5.41, 5.74) is 7.17. The highest BCUT2D eigenvalue weighted by molar-refractivity contribution is 6.32. The lowest BCUT2D eigenvalue weighted by Gasteiger charge is -2.18. The average Bonchev–Trinajstić information content (AvgIpc) is 2.43. The zero-order valence-electron chi connectivity index (χ0n) is 10.9. The van der Waals surface area contributed by atoms with Gasteiger partial charge in [0.2, 0.25) is 0 Å². The first-order valence-corrected chi connectivity index (χ1v) is 6.29. The fourth-order valence-electron chi connectivity index (χ4n) is 1.77. The fourth-order valence-corrected chi connectivity index (χ4v) is 1.95. The van der Waals surface area contributed by atoms with E-state index in [1.807, 2.05) is 0 Å². The molecule has 3 N–H and O–H groups in total. The zero-order valence-corrected chi connectivity index (χ0v) is 11.6. The van der Waals surface area contributed by atoms with Gasteiger partial charge in [-0.3, -0.25) is 4.79 Å². The number of carbonyl (C=O) groups excluding carboxylic acids is 1. The molecule has 0 spiro atoms. The Hall–Kier alpha value is -2.27. The third kappa shape index (κ3) is 3.19. The van der Waals surface area contributed by atoms with Crippen LogP contribution in [0.25, 0.3) is 0 Å². The Balaban J connectivity index is 2.16. The highest BCUT2D eigenvalue weighted by Crippen LogP contribution is 2.18. The summed E-state index contributed by atoms with van der Waals surface area (Å²) >= 11 is 5.91. The molecule has 0 fully saturated rings. The van der Waals surface area contributed by atoms with Crippen LogP contribution in [-0.4, -0.2) is 27.9 Å². The third-order valence-corrected chi connectivity index (χ3v) is 3.09. The second kappa shape index (κ2) is 5.79. The molecule has 0 aliphatic heterocycles. The Kier molecular flexibility index (Phi) is 4.10. The molecule has 0 radical (unpaired) electrons. The molecule has 1 heterocycles. The second-order valence-corrected chi connectivity index (χ2v) is 4.79. The van der Waals surface area contributed by atoms with Gasteiger partial charge < -0.3 is 15.7 Å². The molecular formula is C14H14ClN3O2. The Bertz CT molecular complexity index is 629. The minimum Gasteiger partial charge on any atom is -0.508 e. The standard InChI is InChI=1S/C14H14ClN3O2/c1-18(8-9-2-4-11(19)5-3-9)14(20)12-6-10(16)7-17-13(12)15/h2-7,19H,8,16H2,1H3. The molecule has 6 heteroatoms. The van der Waals surface area contributed by atoms with E-state index in [1.165, 1.54) is 17.2 Å². The highest BCUT2D eigenvalue weighted by atomic mass is 35.5. The van der Waals surface area contributed by atoms with Gasteiger partial charge in [0, 0.05) is 13.6 Å². The van der Waals surface area contributed by atoms with Crippen LogP contribution in [0.2, 0.25) is 5.15 Å². The summed E-state index contributed by atoms with van der Waals surface area (Å²) in [7, 11) is 1.66. The van der Waals surface area contributed by atoms with Crippen LogP contribution in [0.5, 0.6) is 5.75 Å². The minimum absolute atomic E-state index is 0.127. The summed E-state index contributed by atoms with van der Waals surface area (Å²) in [6, 6.07) is 8.15. The van der Waals surface area contributed by atoms with Gasteiger partial charge in [-0.25, -0.2) is 4.98 Å².